The van der Waals surface area contributed by atoms with Crippen LogP contribution in [0.15, 0.2) is 60.7 Å². The molecule has 0 saturated heterocycles. The predicted octanol–water partition coefficient (Wildman–Crippen LogP) is 3.29. The van der Waals surface area contributed by atoms with Gasteiger partial charge in [-0.2, -0.15) is 5.26 Å². The molecular formula is C20H15N5O. The number of amides is 1. The standard InChI is InChI=1S/C20H15N5O/c21-13-14-4-3-6-16(12-14)22-19-9-8-17(23-24-19)20(26)25-11-10-15-5-1-2-7-18(15)25/h1-9,12H,10-11H2,(H,22,24). The van der Waals surface area contributed by atoms with Crippen molar-refractivity contribution in [3.8, 4) is 6.07 Å². The fourth-order valence-corrected chi connectivity index (χ4v) is 3.01. The molecule has 1 aromatic heterocycles. The molecule has 2 aromatic carbocycles. The summed E-state index contributed by atoms with van der Waals surface area (Å²) in [7, 11) is 0. The Morgan fingerprint density at radius 2 is 1.96 bits per heavy atom. The van der Waals surface area contributed by atoms with Crippen LogP contribution in [0.4, 0.5) is 17.2 Å². The van der Waals surface area contributed by atoms with Gasteiger partial charge in [-0.25, -0.2) is 0 Å². The van der Waals surface area contributed by atoms with Gasteiger partial charge in [0.2, 0.25) is 0 Å². The second kappa shape index (κ2) is 6.65. The minimum Gasteiger partial charge on any atom is -0.339 e. The summed E-state index contributed by atoms with van der Waals surface area (Å²) in [6.07, 6.45) is 0.851. The zero-order valence-electron chi connectivity index (χ0n) is 13.9. The smallest absolute Gasteiger partial charge is 0.278 e. The maximum atomic E-state index is 12.7. The lowest BCUT2D eigenvalue weighted by atomic mass is 10.2. The number of para-hydroxylation sites is 1. The number of rotatable bonds is 3. The molecule has 1 amide bonds. The summed E-state index contributed by atoms with van der Waals surface area (Å²) in [5.41, 5.74) is 3.71. The van der Waals surface area contributed by atoms with Gasteiger partial charge in [0.25, 0.3) is 5.91 Å². The molecule has 1 aliphatic heterocycles. The van der Waals surface area contributed by atoms with Crippen LogP contribution in [0.25, 0.3) is 0 Å². The van der Waals surface area contributed by atoms with Crippen molar-refractivity contribution >= 4 is 23.1 Å². The zero-order chi connectivity index (χ0) is 17.9. The van der Waals surface area contributed by atoms with Crippen LogP contribution in [-0.2, 0) is 6.42 Å². The Hall–Kier alpha value is -3.72. The van der Waals surface area contributed by atoms with Crippen LogP contribution in [-0.4, -0.2) is 22.6 Å². The van der Waals surface area contributed by atoms with E-state index in [0.717, 1.165) is 17.8 Å². The van der Waals surface area contributed by atoms with Gasteiger partial charge < -0.3 is 10.2 Å². The van der Waals surface area contributed by atoms with E-state index in [1.165, 1.54) is 5.56 Å². The van der Waals surface area contributed by atoms with Crippen molar-refractivity contribution in [1.29, 1.82) is 5.26 Å². The van der Waals surface area contributed by atoms with Crippen molar-refractivity contribution in [1.82, 2.24) is 10.2 Å². The average molecular weight is 341 g/mol. The highest BCUT2D eigenvalue weighted by atomic mass is 16.2. The van der Waals surface area contributed by atoms with Crippen LogP contribution in [0.2, 0.25) is 0 Å². The quantitative estimate of drug-likeness (QED) is 0.790. The molecule has 4 rings (SSSR count). The Kier molecular flexibility index (Phi) is 4.04. The summed E-state index contributed by atoms with van der Waals surface area (Å²) in [6.45, 7) is 0.654. The minimum absolute atomic E-state index is 0.152. The topological polar surface area (TPSA) is 81.9 Å². The van der Waals surface area contributed by atoms with Crippen LogP contribution >= 0.6 is 0 Å². The van der Waals surface area contributed by atoms with Crippen molar-refractivity contribution < 1.29 is 4.79 Å². The first-order chi connectivity index (χ1) is 12.7. The van der Waals surface area contributed by atoms with Gasteiger partial charge in [-0.05, 0) is 48.4 Å². The number of anilines is 3. The fourth-order valence-electron chi connectivity index (χ4n) is 3.01. The lowest BCUT2D eigenvalue weighted by Gasteiger charge is -2.16. The molecule has 0 radical (unpaired) electrons. The molecule has 2 heterocycles. The van der Waals surface area contributed by atoms with Crippen LogP contribution < -0.4 is 10.2 Å². The molecule has 0 spiro atoms. The molecule has 26 heavy (non-hydrogen) atoms. The van der Waals surface area contributed by atoms with Crippen LogP contribution in [0.1, 0.15) is 21.6 Å². The van der Waals surface area contributed by atoms with Gasteiger partial charge in [-0.15, -0.1) is 10.2 Å². The fraction of sp³-hybridized carbons (Fsp3) is 0.100. The second-order valence-corrected chi connectivity index (χ2v) is 5.96. The maximum Gasteiger partial charge on any atom is 0.278 e. The second-order valence-electron chi connectivity index (χ2n) is 5.96. The molecule has 0 aliphatic carbocycles. The SMILES string of the molecule is N#Cc1cccc(Nc2ccc(C(=O)N3CCc4ccccc43)nn2)c1. The molecule has 0 atom stereocenters. The number of nitriles is 1. The summed E-state index contributed by atoms with van der Waals surface area (Å²) in [6, 6.07) is 20.4. The highest BCUT2D eigenvalue weighted by Crippen LogP contribution is 2.28. The van der Waals surface area contributed by atoms with Gasteiger partial charge in [0, 0.05) is 17.9 Å². The molecular weight excluding hydrogens is 326 g/mol. The van der Waals surface area contributed by atoms with Gasteiger partial charge in [-0.1, -0.05) is 24.3 Å². The van der Waals surface area contributed by atoms with E-state index in [1.54, 1.807) is 35.2 Å². The van der Waals surface area contributed by atoms with Gasteiger partial charge in [0.1, 0.15) is 0 Å². The van der Waals surface area contributed by atoms with Gasteiger partial charge >= 0.3 is 0 Å². The van der Waals surface area contributed by atoms with E-state index in [4.69, 9.17) is 5.26 Å². The summed E-state index contributed by atoms with van der Waals surface area (Å²) in [5.74, 6) is 0.360. The van der Waals surface area contributed by atoms with E-state index in [-0.39, 0.29) is 5.91 Å². The molecule has 1 aliphatic rings. The highest BCUT2D eigenvalue weighted by Gasteiger charge is 2.26. The summed E-state index contributed by atoms with van der Waals surface area (Å²) in [5, 5.41) is 20.2. The molecule has 0 unspecified atom stereocenters. The third-order valence-corrected chi connectivity index (χ3v) is 4.28. The zero-order valence-corrected chi connectivity index (χ0v) is 13.9. The Balaban J connectivity index is 1.51. The number of hydrogen-bond donors (Lipinski definition) is 1. The summed E-state index contributed by atoms with van der Waals surface area (Å²) < 4.78 is 0. The largest absolute Gasteiger partial charge is 0.339 e. The number of nitrogens with zero attached hydrogens (tertiary/aromatic N) is 4. The van der Waals surface area contributed by atoms with Crippen molar-refractivity contribution in [3.63, 3.8) is 0 Å². The van der Waals surface area contributed by atoms with E-state index >= 15 is 0 Å². The summed E-state index contributed by atoms with van der Waals surface area (Å²) in [4.78, 5) is 14.5. The third-order valence-electron chi connectivity index (χ3n) is 4.28. The Morgan fingerprint density at radius 1 is 1.08 bits per heavy atom. The van der Waals surface area contributed by atoms with E-state index in [0.29, 0.717) is 23.6 Å². The Bertz CT molecular complexity index is 1010. The number of benzene rings is 2. The van der Waals surface area contributed by atoms with E-state index in [9.17, 15) is 4.79 Å². The van der Waals surface area contributed by atoms with Crippen molar-refractivity contribution in [2.75, 3.05) is 16.8 Å². The van der Waals surface area contributed by atoms with Crippen molar-refractivity contribution in [2.24, 2.45) is 0 Å². The summed E-state index contributed by atoms with van der Waals surface area (Å²) >= 11 is 0. The Morgan fingerprint density at radius 3 is 2.77 bits per heavy atom. The first-order valence-electron chi connectivity index (χ1n) is 8.25. The molecule has 3 aromatic rings. The molecule has 6 nitrogen and oxygen atoms in total. The lowest BCUT2D eigenvalue weighted by molar-refractivity contribution is 0.0983. The predicted molar refractivity (Wildman–Crippen MR) is 98.3 cm³/mol. The lowest BCUT2D eigenvalue weighted by Crippen LogP contribution is -2.29. The van der Waals surface area contributed by atoms with E-state index < -0.39 is 0 Å². The number of hydrogen-bond acceptors (Lipinski definition) is 5. The van der Waals surface area contributed by atoms with Crippen LogP contribution in [0.3, 0.4) is 0 Å². The van der Waals surface area contributed by atoms with Gasteiger partial charge in [0.05, 0.1) is 11.6 Å². The van der Waals surface area contributed by atoms with Crippen LogP contribution in [0, 0.1) is 11.3 Å². The van der Waals surface area contributed by atoms with E-state index in [1.807, 2.05) is 30.3 Å². The molecule has 1 N–H and O–H groups in total. The minimum atomic E-state index is -0.152. The maximum absolute atomic E-state index is 12.7. The number of nitrogens with one attached hydrogen (secondary N) is 1. The van der Waals surface area contributed by atoms with E-state index in [2.05, 4.69) is 21.6 Å². The molecule has 0 saturated carbocycles. The van der Waals surface area contributed by atoms with Gasteiger partial charge in [-0.3, -0.25) is 4.79 Å². The normalized spacial score (nSPS) is 12.3. The average Bonchev–Trinajstić information content (AvgIpc) is 3.12. The first kappa shape index (κ1) is 15.8. The third kappa shape index (κ3) is 2.98. The van der Waals surface area contributed by atoms with Crippen molar-refractivity contribution in [2.45, 2.75) is 6.42 Å². The monoisotopic (exact) mass is 341 g/mol. The molecule has 6 heteroatoms. The number of carbonyl (C=O) groups excluding carboxylic acids is 1. The molecule has 0 bridgehead atoms. The number of aromatic nitrogens is 2. The molecule has 126 valence electrons. The van der Waals surface area contributed by atoms with Crippen molar-refractivity contribution in [3.05, 3.63) is 77.5 Å². The Labute approximate surface area is 150 Å². The number of carbonyl (C=O) groups is 1. The van der Waals surface area contributed by atoms with Gasteiger partial charge in [0.15, 0.2) is 11.5 Å². The number of fused-ring (bicyclic) bond motifs is 1. The highest BCUT2D eigenvalue weighted by molar-refractivity contribution is 6.06. The molecule has 0 fully saturated rings. The first-order valence-corrected chi connectivity index (χ1v) is 8.25. The van der Waals surface area contributed by atoms with Crippen LogP contribution in [0.5, 0.6) is 0 Å².